The summed E-state index contributed by atoms with van der Waals surface area (Å²) in [5, 5.41) is 14.4. The highest BCUT2D eigenvalue weighted by Gasteiger charge is 2.22. The van der Waals surface area contributed by atoms with E-state index in [1.54, 1.807) is 6.21 Å². The van der Waals surface area contributed by atoms with Crippen LogP contribution in [-0.2, 0) is 6.42 Å². The zero-order chi connectivity index (χ0) is 10.3. The van der Waals surface area contributed by atoms with E-state index in [1.165, 1.54) is 21.9 Å². The summed E-state index contributed by atoms with van der Waals surface area (Å²) in [6, 6.07) is 12.7. The molecule has 0 saturated carbocycles. The average Bonchev–Trinajstić information content (AvgIpc) is 2.61. The van der Waals surface area contributed by atoms with Gasteiger partial charge in [0.15, 0.2) is 0 Å². The van der Waals surface area contributed by atoms with Crippen LogP contribution in [0.3, 0.4) is 0 Å². The van der Waals surface area contributed by atoms with Gasteiger partial charge >= 0.3 is 0 Å². The van der Waals surface area contributed by atoms with Crippen LogP contribution in [0.1, 0.15) is 17.0 Å². The number of rotatable bonds is 1. The molecule has 1 unspecified atom stereocenters. The molecule has 0 saturated heterocycles. The molecule has 2 heteroatoms. The van der Waals surface area contributed by atoms with Crippen molar-refractivity contribution >= 4 is 17.0 Å². The van der Waals surface area contributed by atoms with Gasteiger partial charge in [0, 0.05) is 5.92 Å². The Kier molecular flexibility index (Phi) is 1.75. The SMILES string of the molecule is O/N=C/C1Cc2cccc3cccc1c23. The molecule has 2 nitrogen and oxygen atoms in total. The Balaban J connectivity index is 2.31. The predicted molar refractivity (Wildman–Crippen MR) is 60.7 cm³/mol. The third-order valence-corrected chi connectivity index (χ3v) is 3.11. The Morgan fingerprint density at radius 2 is 2.00 bits per heavy atom. The molecule has 1 atom stereocenters. The summed E-state index contributed by atoms with van der Waals surface area (Å²) in [5.41, 5.74) is 2.63. The van der Waals surface area contributed by atoms with Crippen LogP contribution < -0.4 is 0 Å². The third-order valence-electron chi connectivity index (χ3n) is 3.11. The highest BCUT2D eigenvalue weighted by Crippen LogP contribution is 2.37. The van der Waals surface area contributed by atoms with E-state index in [-0.39, 0.29) is 5.92 Å². The second kappa shape index (κ2) is 3.09. The van der Waals surface area contributed by atoms with Crippen molar-refractivity contribution in [1.82, 2.24) is 0 Å². The summed E-state index contributed by atoms with van der Waals surface area (Å²) in [5.74, 6) is 0.232. The fraction of sp³-hybridized carbons (Fsp3) is 0.154. The van der Waals surface area contributed by atoms with Gasteiger partial charge in [-0.3, -0.25) is 0 Å². The number of hydrogen-bond donors (Lipinski definition) is 1. The summed E-state index contributed by atoms with van der Waals surface area (Å²) in [6.45, 7) is 0. The molecule has 0 fully saturated rings. The summed E-state index contributed by atoms with van der Waals surface area (Å²) in [6.07, 6.45) is 2.56. The van der Waals surface area contributed by atoms with Crippen molar-refractivity contribution in [2.75, 3.05) is 0 Å². The van der Waals surface area contributed by atoms with Crippen LogP contribution in [0.4, 0.5) is 0 Å². The van der Waals surface area contributed by atoms with E-state index in [0.717, 1.165) is 6.42 Å². The minimum Gasteiger partial charge on any atom is -0.411 e. The van der Waals surface area contributed by atoms with Gasteiger partial charge < -0.3 is 5.21 Å². The fourth-order valence-electron chi connectivity index (χ4n) is 2.49. The minimum atomic E-state index is 0.232. The molecule has 15 heavy (non-hydrogen) atoms. The van der Waals surface area contributed by atoms with Gasteiger partial charge in [-0.1, -0.05) is 36.4 Å². The zero-order valence-corrected chi connectivity index (χ0v) is 8.22. The van der Waals surface area contributed by atoms with E-state index < -0.39 is 0 Å². The molecule has 1 aliphatic carbocycles. The predicted octanol–water partition coefficient (Wildman–Crippen LogP) is 2.94. The van der Waals surface area contributed by atoms with E-state index in [4.69, 9.17) is 5.21 Å². The largest absolute Gasteiger partial charge is 0.411 e. The van der Waals surface area contributed by atoms with E-state index in [0.29, 0.717) is 0 Å². The van der Waals surface area contributed by atoms with E-state index >= 15 is 0 Å². The molecule has 2 aromatic rings. The quantitative estimate of drug-likeness (QED) is 0.425. The molecule has 0 heterocycles. The number of nitrogens with zero attached hydrogens (tertiary/aromatic N) is 1. The maximum absolute atomic E-state index is 8.63. The summed E-state index contributed by atoms with van der Waals surface area (Å²) in [4.78, 5) is 0. The maximum atomic E-state index is 8.63. The minimum absolute atomic E-state index is 0.232. The highest BCUT2D eigenvalue weighted by atomic mass is 16.4. The van der Waals surface area contributed by atoms with Gasteiger partial charge in [0.25, 0.3) is 0 Å². The molecule has 1 N–H and O–H groups in total. The molecule has 0 bridgehead atoms. The van der Waals surface area contributed by atoms with Crippen molar-refractivity contribution in [3.8, 4) is 0 Å². The van der Waals surface area contributed by atoms with Gasteiger partial charge in [-0.15, -0.1) is 5.16 Å². The molecule has 0 amide bonds. The molecule has 2 aromatic carbocycles. The molecular formula is C13H11NO. The van der Waals surface area contributed by atoms with Gasteiger partial charge in [0.1, 0.15) is 0 Å². The number of oxime groups is 1. The van der Waals surface area contributed by atoms with Crippen LogP contribution in [-0.4, -0.2) is 11.4 Å². The lowest BCUT2D eigenvalue weighted by molar-refractivity contribution is 0.319. The van der Waals surface area contributed by atoms with Crippen molar-refractivity contribution < 1.29 is 5.21 Å². The van der Waals surface area contributed by atoms with Crippen molar-refractivity contribution in [2.45, 2.75) is 12.3 Å². The Morgan fingerprint density at radius 1 is 1.20 bits per heavy atom. The van der Waals surface area contributed by atoms with Gasteiger partial charge in [-0.25, -0.2) is 0 Å². The maximum Gasteiger partial charge on any atom is 0.0514 e. The van der Waals surface area contributed by atoms with Crippen molar-refractivity contribution in [3.63, 3.8) is 0 Å². The van der Waals surface area contributed by atoms with Crippen LogP contribution in [0, 0.1) is 0 Å². The first-order valence-corrected chi connectivity index (χ1v) is 5.08. The van der Waals surface area contributed by atoms with Crippen LogP contribution in [0.25, 0.3) is 10.8 Å². The van der Waals surface area contributed by atoms with Crippen molar-refractivity contribution in [1.29, 1.82) is 0 Å². The van der Waals surface area contributed by atoms with Crippen molar-refractivity contribution in [3.05, 3.63) is 47.5 Å². The summed E-state index contributed by atoms with van der Waals surface area (Å²) < 4.78 is 0. The molecule has 0 spiro atoms. The second-order valence-corrected chi connectivity index (χ2v) is 3.94. The van der Waals surface area contributed by atoms with Crippen LogP contribution in [0.2, 0.25) is 0 Å². The van der Waals surface area contributed by atoms with Gasteiger partial charge in [0.05, 0.1) is 6.21 Å². The normalized spacial score (nSPS) is 19.1. The molecule has 0 aromatic heterocycles. The molecule has 74 valence electrons. The highest BCUT2D eigenvalue weighted by molar-refractivity contribution is 5.94. The van der Waals surface area contributed by atoms with Crippen LogP contribution >= 0.6 is 0 Å². The van der Waals surface area contributed by atoms with Gasteiger partial charge in [-0.05, 0) is 28.3 Å². The lowest BCUT2D eigenvalue weighted by Crippen LogP contribution is -1.96. The van der Waals surface area contributed by atoms with Crippen molar-refractivity contribution in [2.24, 2.45) is 5.16 Å². The van der Waals surface area contributed by atoms with E-state index in [1.807, 2.05) is 0 Å². The fourth-order valence-corrected chi connectivity index (χ4v) is 2.49. The second-order valence-electron chi connectivity index (χ2n) is 3.94. The number of hydrogen-bond acceptors (Lipinski definition) is 2. The smallest absolute Gasteiger partial charge is 0.0514 e. The molecule has 3 rings (SSSR count). The molecule has 1 aliphatic rings. The Bertz CT molecular complexity index is 540. The topological polar surface area (TPSA) is 32.6 Å². The zero-order valence-electron chi connectivity index (χ0n) is 8.22. The molecular weight excluding hydrogens is 186 g/mol. The Labute approximate surface area is 87.8 Å². The average molecular weight is 197 g/mol. The number of benzene rings is 2. The Morgan fingerprint density at radius 3 is 2.80 bits per heavy atom. The van der Waals surface area contributed by atoms with E-state index in [9.17, 15) is 0 Å². The van der Waals surface area contributed by atoms with Gasteiger partial charge in [0.2, 0.25) is 0 Å². The van der Waals surface area contributed by atoms with E-state index in [2.05, 4.69) is 41.6 Å². The Hall–Kier alpha value is -1.83. The van der Waals surface area contributed by atoms with Gasteiger partial charge in [-0.2, -0.15) is 0 Å². The first-order chi connectivity index (χ1) is 7.40. The molecule has 0 radical (unpaired) electrons. The summed E-state index contributed by atoms with van der Waals surface area (Å²) in [7, 11) is 0. The lowest BCUT2D eigenvalue weighted by atomic mass is 10.0. The monoisotopic (exact) mass is 197 g/mol. The van der Waals surface area contributed by atoms with Crippen LogP contribution in [0.5, 0.6) is 0 Å². The summed E-state index contributed by atoms with van der Waals surface area (Å²) >= 11 is 0. The molecule has 0 aliphatic heterocycles. The first-order valence-electron chi connectivity index (χ1n) is 5.08. The third kappa shape index (κ3) is 1.14. The standard InChI is InChI=1S/C13H11NO/c15-14-8-11-7-10-5-1-3-9-4-2-6-12(11)13(9)10/h1-6,8,11,15H,7H2/b14-8+. The first kappa shape index (κ1) is 8.48. The lowest BCUT2D eigenvalue weighted by Gasteiger charge is -2.03. The van der Waals surface area contributed by atoms with Crippen LogP contribution in [0.15, 0.2) is 41.6 Å².